The third-order valence-electron chi connectivity index (χ3n) is 3.61. The molecular formula is C18H17NS. The second-order valence-electron chi connectivity index (χ2n) is 4.86. The van der Waals surface area contributed by atoms with E-state index in [1.54, 1.807) is 11.8 Å². The highest BCUT2D eigenvalue weighted by atomic mass is 32.2. The van der Waals surface area contributed by atoms with Crippen molar-refractivity contribution in [1.29, 1.82) is 0 Å². The van der Waals surface area contributed by atoms with Gasteiger partial charge in [0.2, 0.25) is 0 Å². The third-order valence-corrected chi connectivity index (χ3v) is 4.35. The lowest BCUT2D eigenvalue weighted by Gasteiger charge is -2.14. The molecule has 0 saturated heterocycles. The highest BCUT2D eigenvalue weighted by Crippen LogP contribution is 2.25. The van der Waals surface area contributed by atoms with Crippen molar-refractivity contribution >= 4 is 22.5 Å². The number of nitrogens with two attached hydrogens (primary N) is 1. The Kier molecular flexibility index (Phi) is 3.77. The van der Waals surface area contributed by atoms with Gasteiger partial charge in [-0.2, -0.15) is 0 Å². The van der Waals surface area contributed by atoms with E-state index in [-0.39, 0.29) is 6.04 Å². The molecule has 0 aliphatic carbocycles. The first-order chi connectivity index (χ1) is 9.78. The molecule has 0 bridgehead atoms. The number of hydrogen-bond acceptors (Lipinski definition) is 2. The quantitative estimate of drug-likeness (QED) is 0.708. The standard InChI is InChI=1S/C18H17NS/c1-20-17-10-8-14(9-11-17)18(19)16-7-6-13-4-2-3-5-15(13)12-16/h2-12,18H,19H2,1H3. The summed E-state index contributed by atoms with van der Waals surface area (Å²) in [5.74, 6) is 0. The predicted octanol–water partition coefficient (Wildman–Crippen LogP) is 4.61. The lowest BCUT2D eigenvalue weighted by atomic mass is 9.97. The van der Waals surface area contributed by atoms with E-state index in [9.17, 15) is 0 Å². The molecule has 0 spiro atoms. The van der Waals surface area contributed by atoms with Gasteiger partial charge < -0.3 is 5.73 Å². The van der Waals surface area contributed by atoms with Crippen molar-refractivity contribution in [2.45, 2.75) is 10.9 Å². The van der Waals surface area contributed by atoms with Gasteiger partial charge in [0.15, 0.2) is 0 Å². The minimum Gasteiger partial charge on any atom is -0.320 e. The van der Waals surface area contributed by atoms with E-state index in [4.69, 9.17) is 5.73 Å². The summed E-state index contributed by atoms with van der Waals surface area (Å²) in [6.07, 6.45) is 2.08. The van der Waals surface area contributed by atoms with Crippen LogP contribution >= 0.6 is 11.8 Å². The zero-order chi connectivity index (χ0) is 13.9. The summed E-state index contributed by atoms with van der Waals surface area (Å²) in [5, 5.41) is 2.49. The van der Waals surface area contributed by atoms with Crippen LogP contribution in [0.5, 0.6) is 0 Å². The predicted molar refractivity (Wildman–Crippen MR) is 88.2 cm³/mol. The zero-order valence-electron chi connectivity index (χ0n) is 11.4. The molecule has 3 aromatic rings. The normalized spacial score (nSPS) is 12.5. The lowest BCUT2D eigenvalue weighted by molar-refractivity contribution is 0.871. The fourth-order valence-corrected chi connectivity index (χ4v) is 2.81. The van der Waals surface area contributed by atoms with Gasteiger partial charge in [0.25, 0.3) is 0 Å². The average molecular weight is 279 g/mol. The minimum absolute atomic E-state index is 0.0736. The van der Waals surface area contributed by atoms with Crippen LogP contribution in [0.25, 0.3) is 10.8 Å². The second kappa shape index (κ2) is 5.70. The zero-order valence-corrected chi connectivity index (χ0v) is 12.2. The van der Waals surface area contributed by atoms with Gasteiger partial charge in [-0.25, -0.2) is 0 Å². The number of rotatable bonds is 3. The van der Waals surface area contributed by atoms with Crippen molar-refractivity contribution in [2.24, 2.45) is 5.73 Å². The molecule has 0 aliphatic rings. The van der Waals surface area contributed by atoms with Crippen molar-refractivity contribution in [3.8, 4) is 0 Å². The van der Waals surface area contributed by atoms with Crippen molar-refractivity contribution < 1.29 is 0 Å². The summed E-state index contributed by atoms with van der Waals surface area (Å²) in [6.45, 7) is 0. The van der Waals surface area contributed by atoms with Gasteiger partial charge >= 0.3 is 0 Å². The second-order valence-corrected chi connectivity index (χ2v) is 5.74. The molecule has 1 atom stereocenters. The number of benzene rings is 3. The molecule has 0 heterocycles. The Hall–Kier alpha value is -1.77. The first kappa shape index (κ1) is 13.2. The molecule has 2 heteroatoms. The Morgan fingerprint density at radius 3 is 2.15 bits per heavy atom. The van der Waals surface area contributed by atoms with E-state index in [1.165, 1.54) is 15.7 Å². The summed E-state index contributed by atoms with van der Waals surface area (Å²) < 4.78 is 0. The number of hydrogen-bond donors (Lipinski definition) is 1. The van der Waals surface area contributed by atoms with Crippen molar-refractivity contribution in [3.63, 3.8) is 0 Å². The smallest absolute Gasteiger partial charge is 0.0551 e. The monoisotopic (exact) mass is 279 g/mol. The highest BCUT2D eigenvalue weighted by Gasteiger charge is 2.09. The van der Waals surface area contributed by atoms with Crippen LogP contribution in [-0.2, 0) is 0 Å². The Morgan fingerprint density at radius 2 is 1.45 bits per heavy atom. The van der Waals surface area contributed by atoms with Gasteiger partial charge in [0, 0.05) is 4.90 Å². The van der Waals surface area contributed by atoms with Crippen molar-refractivity contribution in [3.05, 3.63) is 77.9 Å². The van der Waals surface area contributed by atoms with Crippen LogP contribution in [0.15, 0.2) is 71.6 Å². The fraction of sp³-hybridized carbons (Fsp3) is 0.111. The van der Waals surface area contributed by atoms with Crippen LogP contribution < -0.4 is 5.73 Å². The maximum atomic E-state index is 6.39. The first-order valence-electron chi connectivity index (χ1n) is 6.66. The molecule has 0 radical (unpaired) electrons. The van der Waals surface area contributed by atoms with E-state index in [0.717, 1.165) is 11.1 Å². The largest absolute Gasteiger partial charge is 0.320 e. The Balaban J connectivity index is 1.96. The van der Waals surface area contributed by atoms with E-state index in [2.05, 4.69) is 73.0 Å². The molecular weight excluding hydrogens is 262 g/mol. The third kappa shape index (κ3) is 2.58. The Bertz CT molecular complexity index is 719. The highest BCUT2D eigenvalue weighted by molar-refractivity contribution is 7.98. The van der Waals surface area contributed by atoms with Crippen LogP contribution in [0.1, 0.15) is 17.2 Å². The lowest BCUT2D eigenvalue weighted by Crippen LogP contribution is -2.11. The minimum atomic E-state index is -0.0736. The van der Waals surface area contributed by atoms with Gasteiger partial charge in [0.1, 0.15) is 0 Å². The summed E-state index contributed by atoms with van der Waals surface area (Å²) in [4.78, 5) is 1.26. The molecule has 0 saturated carbocycles. The van der Waals surface area contributed by atoms with Crippen LogP contribution in [0.2, 0.25) is 0 Å². The number of fused-ring (bicyclic) bond motifs is 1. The van der Waals surface area contributed by atoms with E-state index < -0.39 is 0 Å². The van der Waals surface area contributed by atoms with Crippen molar-refractivity contribution in [1.82, 2.24) is 0 Å². The van der Waals surface area contributed by atoms with E-state index in [0.29, 0.717) is 0 Å². The molecule has 2 N–H and O–H groups in total. The van der Waals surface area contributed by atoms with Crippen LogP contribution in [0.4, 0.5) is 0 Å². The molecule has 1 unspecified atom stereocenters. The Labute approximate surface area is 123 Å². The summed E-state index contributed by atoms with van der Waals surface area (Å²) in [6, 6.07) is 23.2. The molecule has 20 heavy (non-hydrogen) atoms. The molecule has 100 valence electrons. The molecule has 1 nitrogen and oxygen atoms in total. The SMILES string of the molecule is CSc1ccc(C(N)c2ccc3ccccc3c2)cc1. The molecule has 3 rings (SSSR count). The van der Waals surface area contributed by atoms with Crippen molar-refractivity contribution in [2.75, 3.05) is 6.26 Å². The summed E-state index contributed by atoms with van der Waals surface area (Å²) >= 11 is 1.75. The van der Waals surface area contributed by atoms with Gasteiger partial charge in [-0.1, -0.05) is 48.5 Å². The topological polar surface area (TPSA) is 26.0 Å². The molecule has 0 aliphatic heterocycles. The number of thioether (sulfide) groups is 1. The van der Waals surface area contributed by atoms with E-state index >= 15 is 0 Å². The van der Waals surface area contributed by atoms with E-state index in [1.807, 2.05) is 0 Å². The molecule has 3 aromatic carbocycles. The Morgan fingerprint density at radius 1 is 0.800 bits per heavy atom. The van der Waals surface area contributed by atoms with Crippen LogP contribution in [0, 0.1) is 0 Å². The van der Waals surface area contributed by atoms with Gasteiger partial charge in [-0.15, -0.1) is 11.8 Å². The molecule has 0 fully saturated rings. The van der Waals surface area contributed by atoms with Gasteiger partial charge in [0.05, 0.1) is 6.04 Å². The van der Waals surface area contributed by atoms with Gasteiger partial charge in [-0.3, -0.25) is 0 Å². The summed E-state index contributed by atoms with van der Waals surface area (Å²) in [7, 11) is 0. The van der Waals surface area contributed by atoms with Crippen LogP contribution in [-0.4, -0.2) is 6.26 Å². The molecule has 0 aromatic heterocycles. The van der Waals surface area contributed by atoms with Crippen LogP contribution in [0.3, 0.4) is 0 Å². The van der Waals surface area contributed by atoms with Gasteiger partial charge in [-0.05, 0) is 46.4 Å². The summed E-state index contributed by atoms with van der Waals surface area (Å²) in [5.41, 5.74) is 8.70. The molecule has 0 amide bonds. The fourth-order valence-electron chi connectivity index (χ4n) is 2.40. The first-order valence-corrected chi connectivity index (χ1v) is 7.88. The maximum Gasteiger partial charge on any atom is 0.0551 e. The maximum absolute atomic E-state index is 6.39. The average Bonchev–Trinajstić information content (AvgIpc) is 2.54.